The van der Waals surface area contributed by atoms with Gasteiger partial charge in [0.15, 0.2) is 0 Å². The van der Waals surface area contributed by atoms with Crippen LogP contribution in [0.5, 0.6) is 0 Å². The zero-order chi connectivity index (χ0) is 14.5. The largest absolute Gasteiger partial charge is 0.469 e. The third kappa shape index (κ3) is 2.77. The molecule has 0 amide bonds. The van der Waals surface area contributed by atoms with Gasteiger partial charge in [-0.3, -0.25) is 9.78 Å². The van der Waals surface area contributed by atoms with Gasteiger partial charge in [-0.2, -0.15) is 0 Å². The minimum absolute atomic E-state index is 0.00762. The van der Waals surface area contributed by atoms with Gasteiger partial charge in [0.2, 0.25) is 0 Å². The molecule has 0 saturated heterocycles. The summed E-state index contributed by atoms with van der Waals surface area (Å²) in [6.07, 6.45) is 1.45. The van der Waals surface area contributed by atoms with E-state index in [4.69, 9.17) is 4.74 Å². The van der Waals surface area contributed by atoms with E-state index in [-0.39, 0.29) is 13.0 Å². The SMILES string of the molecule is CCOC(=O)c1cnc2ccccc2c1CC(=O)OC. The van der Waals surface area contributed by atoms with Gasteiger partial charge in [-0.25, -0.2) is 4.79 Å². The summed E-state index contributed by atoms with van der Waals surface area (Å²) in [5.41, 5.74) is 1.61. The highest BCUT2D eigenvalue weighted by molar-refractivity contribution is 5.99. The van der Waals surface area contributed by atoms with Crippen molar-refractivity contribution < 1.29 is 19.1 Å². The molecule has 0 aliphatic heterocycles. The van der Waals surface area contributed by atoms with Gasteiger partial charge >= 0.3 is 11.9 Å². The summed E-state index contributed by atoms with van der Waals surface area (Å²) in [6.45, 7) is 2.00. The fourth-order valence-electron chi connectivity index (χ4n) is 1.99. The minimum atomic E-state index is -0.482. The van der Waals surface area contributed by atoms with Crippen LogP contribution >= 0.6 is 0 Å². The van der Waals surface area contributed by atoms with Crippen LogP contribution in [0.15, 0.2) is 30.5 Å². The molecule has 0 saturated carbocycles. The molecule has 2 rings (SSSR count). The fourth-order valence-corrected chi connectivity index (χ4v) is 1.99. The maximum atomic E-state index is 12.0. The monoisotopic (exact) mass is 273 g/mol. The predicted molar refractivity (Wildman–Crippen MR) is 73.4 cm³/mol. The van der Waals surface area contributed by atoms with Gasteiger partial charge in [0.1, 0.15) is 0 Å². The number of rotatable bonds is 4. The Hall–Kier alpha value is -2.43. The van der Waals surface area contributed by atoms with E-state index in [1.165, 1.54) is 13.3 Å². The first kappa shape index (κ1) is 14.0. The van der Waals surface area contributed by atoms with Gasteiger partial charge < -0.3 is 9.47 Å². The maximum Gasteiger partial charge on any atom is 0.340 e. The van der Waals surface area contributed by atoms with Crippen molar-refractivity contribution in [3.63, 3.8) is 0 Å². The van der Waals surface area contributed by atoms with Crippen LogP contribution in [0.4, 0.5) is 0 Å². The van der Waals surface area contributed by atoms with Crippen LogP contribution in [0, 0.1) is 0 Å². The van der Waals surface area contributed by atoms with Gasteiger partial charge in [-0.1, -0.05) is 18.2 Å². The normalized spacial score (nSPS) is 10.3. The Morgan fingerprint density at radius 3 is 2.70 bits per heavy atom. The summed E-state index contributed by atoms with van der Waals surface area (Å²) in [4.78, 5) is 27.8. The lowest BCUT2D eigenvalue weighted by Gasteiger charge is -2.10. The Labute approximate surface area is 116 Å². The van der Waals surface area contributed by atoms with Crippen molar-refractivity contribution in [3.8, 4) is 0 Å². The maximum absolute atomic E-state index is 12.0. The van der Waals surface area contributed by atoms with E-state index in [1.807, 2.05) is 24.3 Å². The lowest BCUT2D eigenvalue weighted by molar-refractivity contribution is -0.139. The average Bonchev–Trinajstić information content (AvgIpc) is 2.47. The number of hydrogen-bond donors (Lipinski definition) is 0. The van der Waals surface area contributed by atoms with Crippen molar-refractivity contribution in [2.45, 2.75) is 13.3 Å². The molecule has 104 valence electrons. The quantitative estimate of drug-likeness (QED) is 0.798. The standard InChI is InChI=1S/C15H15NO4/c1-3-20-15(18)12-9-16-13-7-5-4-6-10(13)11(12)8-14(17)19-2/h4-7,9H,3,8H2,1-2H3. The highest BCUT2D eigenvalue weighted by Crippen LogP contribution is 2.22. The van der Waals surface area contributed by atoms with Crippen LogP contribution in [0.2, 0.25) is 0 Å². The van der Waals surface area contributed by atoms with Crippen LogP contribution in [0.1, 0.15) is 22.8 Å². The number of aromatic nitrogens is 1. The Morgan fingerprint density at radius 2 is 2.00 bits per heavy atom. The minimum Gasteiger partial charge on any atom is -0.469 e. The lowest BCUT2D eigenvalue weighted by atomic mass is 10.0. The van der Waals surface area contributed by atoms with Crippen LogP contribution in [-0.2, 0) is 20.7 Å². The highest BCUT2D eigenvalue weighted by atomic mass is 16.5. The first-order valence-electron chi connectivity index (χ1n) is 6.28. The number of fused-ring (bicyclic) bond motifs is 1. The number of carbonyl (C=O) groups excluding carboxylic acids is 2. The number of benzene rings is 1. The van der Waals surface area contributed by atoms with E-state index in [2.05, 4.69) is 9.72 Å². The molecular formula is C15H15NO4. The summed E-state index contributed by atoms with van der Waals surface area (Å²) in [5.74, 6) is -0.892. The van der Waals surface area contributed by atoms with Crippen molar-refractivity contribution in [1.29, 1.82) is 0 Å². The van der Waals surface area contributed by atoms with Gasteiger partial charge in [0, 0.05) is 11.6 Å². The molecule has 0 spiro atoms. The topological polar surface area (TPSA) is 65.5 Å². The van der Waals surface area contributed by atoms with Crippen LogP contribution in [0.25, 0.3) is 10.9 Å². The molecule has 0 aliphatic carbocycles. The summed E-state index contributed by atoms with van der Waals surface area (Å²) in [7, 11) is 1.32. The summed E-state index contributed by atoms with van der Waals surface area (Å²) >= 11 is 0. The molecule has 0 N–H and O–H groups in total. The number of nitrogens with zero attached hydrogens (tertiary/aromatic N) is 1. The van der Waals surface area contributed by atoms with Crippen molar-refractivity contribution in [3.05, 3.63) is 41.6 Å². The fraction of sp³-hybridized carbons (Fsp3) is 0.267. The van der Waals surface area contributed by atoms with Gasteiger partial charge in [0.05, 0.1) is 31.2 Å². The number of hydrogen-bond acceptors (Lipinski definition) is 5. The Bertz CT molecular complexity index is 651. The first-order chi connectivity index (χ1) is 9.67. The van der Waals surface area contributed by atoms with Crippen LogP contribution < -0.4 is 0 Å². The van der Waals surface area contributed by atoms with Crippen molar-refractivity contribution in [1.82, 2.24) is 4.98 Å². The van der Waals surface area contributed by atoms with E-state index in [1.54, 1.807) is 6.92 Å². The Morgan fingerprint density at radius 1 is 1.25 bits per heavy atom. The summed E-state index contributed by atoms with van der Waals surface area (Å²) in [5, 5.41) is 0.753. The van der Waals surface area contributed by atoms with Crippen LogP contribution in [-0.4, -0.2) is 30.6 Å². The molecule has 0 atom stereocenters. The zero-order valence-corrected chi connectivity index (χ0v) is 11.4. The molecular weight excluding hydrogens is 258 g/mol. The molecule has 1 aromatic heterocycles. The molecule has 0 aliphatic rings. The Kier molecular flexibility index (Phi) is 4.30. The molecule has 1 aromatic carbocycles. The average molecular weight is 273 g/mol. The number of pyridine rings is 1. The lowest BCUT2D eigenvalue weighted by Crippen LogP contribution is -2.13. The molecule has 1 heterocycles. The number of para-hydroxylation sites is 1. The number of methoxy groups -OCH3 is 1. The predicted octanol–water partition coefficient (Wildman–Crippen LogP) is 2.13. The molecule has 5 nitrogen and oxygen atoms in total. The first-order valence-corrected chi connectivity index (χ1v) is 6.28. The number of ether oxygens (including phenoxy) is 2. The second-order valence-corrected chi connectivity index (χ2v) is 4.14. The molecule has 0 bridgehead atoms. The van der Waals surface area contributed by atoms with Crippen LogP contribution in [0.3, 0.4) is 0 Å². The van der Waals surface area contributed by atoms with E-state index in [9.17, 15) is 9.59 Å². The van der Waals surface area contributed by atoms with E-state index in [0.717, 1.165) is 10.9 Å². The second kappa shape index (κ2) is 6.14. The zero-order valence-electron chi connectivity index (χ0n) is 11.4. The molecule has 0 radical (unpaired) electrons. The van der Waals surface area contributed by atoms with Crippen molar-refractivity contribution in [2.24, 2.45) is 0 Å². The Balaban J connectivity index is 2.58. The third-order valence-electron chi connectivity index (χ3n) is 2.93. The molecule has 2 aromatic rings. The number of esters is 2. The number of carbonyl (C=O) groups is 2. The smallest absolute Gasteiger partial charge is 0.340 e. The highest BCUT2D eigenvalue weighted by Gasteiger charge is 2.18. The van der Waals surface area contributed by atoms with Gasteiger partial charge in [-0.15, -0.1) is 0 Å². The second-order valence-electron chi connectivity index (χ2n) is 4.14. The van der Waals surface area contributed by atoms with Gasteiger partial charge in [-0.05, 0) is 18.6 Å². The molecule has 5 heteroatoms. The van der Waals surface area contributed by atoms with E-state index in [0.29, 0.717) is 11.1 Å². The molecule has 0 unspecified atom stereocenters. The van der Waals surface area contributed by atoms with Gasteiger partial charge in [0.25, 0.3) is 0 Å². The van der Waals surface area contributed by atoms with E-state index < -0.39 is 11.9 Å². The van der Waals surface area contributed by atoms with Crippen molar-refractivity contribution >= 4 is 22.8 Å². The van der Waals surface area contributed by atoms with E-state index >= 15 is 0 Å². The molecule has 20 heavy (non-hydrogen) atoms. The molecule has 0 fully saturated rings. The third-order valence-corrected chi connectivity index (χ3v) is 2.93. The summed E-state index contributed by atoms with van der Waals surface area (Å²) < 4.78 is 9.69. The summed E-state index contributed by atoms with van der Waals surface area (Å²) in [6, 6.07) is 7.33. The van der Waals surface area contributed by atoms with Crippen molar-refractivity contribution in [2.75, 3.05) is 13.7 Å².